The lowest BCUT2D eigenvalue weighted by Gasteiger charge is -2.21. The molecule has 1 unspecified atom stereocenters. The molecular formula is C18H23N. The lowest BCUT2D eigenvalue weighted by Crippen LogP contribution is -2.10. The molecule has 0 heterocycles. The summed E-state index contributed by atoms with van der Waals surface area (Å²) in [4.78, 5) is 0. The van der Waals surface area contributed by atoms with Gasteiger partial charge in [0.15, 0.2) is 0 Å². The Balaban J connectivity index is 2.27. The summed E-state index contributed by atoms with van der Waals surface area (Å²) in [6, 6.07) is 17.6. The number of rotatable bonds is 5. The second-order valence-corrected chi connectivity index (χ2v) is 4.94. The normalized spacial score (nSPS) is 12.2. The maximum atomic E-state index is 3.70. The molecule has 0 aliphatic rings. The Labute approximate surface area is 116 Å². The van der Waals surface area contributed by atoms with Gasteiger partial charge in [-0.2, -0.15) is 0 Å². The predicted molar refractivity (Wildman–Crippen MR) is 83.7 cm³/mol. The van der Waals surface area contributed by atoms with Crippen molar-refractivity contribution in [1.29, 1.82) is 0 Å². The summed E-state index contributed by atoms with van der Waals surface area (Å²) < 4.78 is 0. The lowest BCUT2D eigenvalue weighted by atomic mass is 10.0. The summed E-state index contributed by atoms with van der Waals surface area (Å²) in [5.74, 6) is 0. The fraction of sp³-hybridized carbons (Fsp3) is 0.333. The van der Waals surface area contributed by atoms with E-state index in [-0.39, 0.29) is 0 Å². The van der Waals surface area contributed by atoms with Crippen molar-refractivity contribution in [1.82, 2.24) is 0 Å². The van der Waals surface area contributed by atoms with E-state index in [9.17, 15) is 0 Å². The summed E-state index contributed by atoms with van der Waals surface area (Å²) >= 11 is 0. The van der Waals surface area contributed by atoms with Crippen LogP contribution >= 0.6 is 0 Å². The van der Waals surface area contributed by atoms with Crippen molar-refractivity contribution < 1.29 is 0 Å². The van der Waals surface area contributed by atoms with Crippen molar-refractivity contribution in [2.24, 2.45) is 0 Å². The van der Waals surface area contributed by atoms with Gasteiger partial charge in [-0.15, -0.1) is 0 Å². The molecule has 0 saturated carbocycles. The third-order valence-corrected chi connectivity index (χ3v) is 3.66. The Kier molecular flexibility index (Phi) is 4.62. The van der Waals surface area contributed by atoms with Crippen LogP contribution in [0.15, 0.2) is 48.5 Å². The SMILES string of the molecule is CCc1cccc(CC)c1NC(C)c1ccccc1. The van der Waals surface area contributed by atoms with Crippen molar-refractivity contribution in [3.8, 4) is 0 Å². The first kappa shape index (κ1) is 13.7. The highest BCUT2D eigenvalue weighted by molar-refractivity contribution is 5.59. The quantitative estimate of drug-likeness (QED) is 0.792. The first-order chi connectivity index (χ1) is 9.26. The van der Waals surface area contributed by atoms with E-state index in [2.05, 4.69) is 74.6 Å². The van der Waals surface area contributed by atoms with Crippen molar-refractivity contribution >= 4 is 5.69 Å². The molecule has 100 valence electrons. The molecule has 2 aromatic carbocycles. The highest BCUT2D eigenvalue weighted by Crippen LogP contribution is 2.27. The monoisotopic (exact) mass is 253 g/mol. The molecule has 0 aromatic heterocycles. The second-order valence-electron chi connectivity index (χ2n) is 4.94. The van der Waals surface area contributed by atoms with Gasteiger partial charge in [0.05, 0.1) is 0 Å². The Morgan fingerprint density at radius 1 is 0.842 bits per heavy atom. The van der Waals surface area contributed by atoms with E-state index in [4.69, 9.17) is 0 Å². The standard InChI is InChI=1S/C18H23N/c1-4-15-12-9-13-16(5-2)18(15)19-14(3)17-10-7-6-8-11-17/h6-14,19H,4-5H2,1-3H3. The largest absolute Gasteiger partial charge is 0.378 e. The van der Waals surface area contributed by atoms with Crippen LogP contribution in [-0.2, 0) is 12.8 Å². The maximum absolute atomic E-state index is 3.70. The predicted octanol–water partition coefficient (Wildman–Crippen LogP) is 4.98. The topological polar surface area (TPSA) is 12.0 Å². The van der Waals surface area contributed by atoms with Crippen LogP contribution in [0.1, 0.15) is 43.5 Å². The molecule has 0 radical (unpaired) electrons. The first-order valence-electron chi connectivity index (χ1n) is 7.18. The van der Waals surface area contributed by atoms with Gasteiger partial charge in [-0.1, -0.05) is 62.4 Å². The van der Waals surface area contributed by atoms with Crippen LogP contribution in [0.25, 0.3) is 0 Å². The molecule has 0 aliphatic heterocycles. The van der Waals surface area contributed by atoms with E-state index in [1.165, 1.54) is 22.4 Å². The molecule has 2 rings (SSSR count). The van der Waals surface area contributed by atoms with Crippen LogP contribution in [-0.4, -0.2) is 0 Å². The van der Waals surface area contributed by atoms with Gasteiger partial charge in [-0.3, -0.25) is 0 Å². The molecule has 1 atom stereocenters. The number of benzene rings is 2. The summed E-state index contributed by atoms with van der Waals surface area (Å²) in [6.45, 7) is 6.65. The molecule has 2 aromatic rings. The van der Waals surface area contributed by atoms with E-state index < -0.39 is 0 Å². The van der Waals surface area contributed by atoms with E-state index >= 15 is 0 Å². The Morgan fingerprint density at radius 3 is 1.95 bits per heavy atom. The van der Waals surface area contributed by atoms with E-state index in [0.29, 0.717) is 6.04 Å². The van der Waals surface area contributed by atoms with E-state index in [0.717, 1.165) is 12.8 Å². The highest BCUT2D eigenvalue weighted by atomic mass is 14.9. The molecule has 0 saturated heterocycles. The van der Waals surface area contributed by atoms with Gasteiger partial charge < -0.3 is 5.32 Å². The van der Waals surface area contributed by atoms with Gasteiger partial charge in [0, 0.05) is 11.7 Å². The second kappa shape index (κ2) is 6.42. The Hall–Kier alpha value is -1.76. The van der Waals surface area contributed by atoms with Crippen LogP contribution in [0, 0.1) is 0 Å². The average Bonchev–Trinajstić information content (AvgIpc) is 2.48. The van der Waals surface area contributed by atoms with Gasteiger partial charge in [0.2, 0.25) is 0 Å². The van der Waals surface area contributed by atoms with E-state index in [1.807, 2.05) is 0 Å². The molecule has 0 fully saturated rings. The number of para-hydroxylation sites is 1. The summed E-state index contributed by atoms with van der Waals surface area (Å²) in [6.07, 6.45) is 2.13. The van der Waals surface area contributed by atoms with Gasteiger partial charge >= 0.3 is 0 Å². The van der Waals surface area contributed by atoms with Gasteiger partial charge in [0.25, 0.3) is 0 Å². The molecule has 1 nitrogen and oxygen atoms in total. The summed E-state index contributed by atoms with van der Waals surface area (Å²) in [5.41, 5.74) is 5.46. The lowest BCUT2D eigenvalue weighted by molar-refractivity contribution is 0.873. The zero-order valence-electron chi connectivity index (χ0n) is 12.1. The van der Waals surface area contributed by atoms with Crippen LogP contribution in [0.3, 0.4) is 0 Å². The molecule has 0 spiro atoms. The van der Waals surface area contributed by atoms with Gasteiger partial charge in [0.1, 0.15) is 0 Å². The molecular weight excluding hydrogens is 230 g/mol. The number of aryl methyl sites for hydroxylation is 2. The Bertz CT molecular complexity index is 494. The van der Waals surface area contributed by atoms with Crippen LogP contribution in [0.5, 0.6) is 0 Å². The minimum Gasteiger partial charge on any atom is -0.378 e. The van der Waals surface area contributed by atoms with Crippen LogP contribution < -0.4 is 5.32 Å². The van der Waals surface area contributed by atoms with Crippen molar-refractivity contribution in [3.05, 3.63) is 65.2 Å². The van der Waals surface area contributed by atoms with Crippen molar-refractivity contribution in [2.75, 3.05) is 5.32 Å². The maximum Gasteiger partial charge on any atom is 0.0485 e. The summed E-state index contributed by atoms with van der Waals surface area (Å²) in [5, 5.41) is 3.70. The van der Waals surface area contributed by atoms with Gasteiger partial charge in [-0.05, 0) is 36.5 Å². The zero-order chi connectivity index (χ0) is 13.7. The molecule has 0 aliphatic carbocycles. The average molecular weight is 253 g/mol. The first-order valence-corrected chi connectivity index (χ1v) is 7.18. The van der Waals surface area contributed by atoms with Gasteiger partial charge in [-0.25, -0.2) is 0 Å². The minimum atomic E-state index is 0.333. The molecule has 19 heavy (non-hydrogen) atoms. The van der Waals surface area contributed by atoms with E-state index in [1.54, 1.807) is 0 Å². The smallest absolute Gasteiger partial charge is 0.0485 e. The number of hydrogen-bond acceptors (Lipinski definition) is 1. The molecule has 1 N–H and O–H groups in total. The molecule has 0 amide bonds. The number of nitrogens with one attached hydrogen (secondary N) is 1. The zero-order valence-corrected chi connectivity index (χ0v) is 12.1. The third kappa shape index (κ3) is 3.17. The third-order valence-electron chi connectivity index (χ3n) is 3.66. The molecule has 1 heteroatoms. The van der Waals surface area contributed by atoms with Crippen molar-refractivity contribution in [2.45, 2.75) is 39.7 Å². The van der Waals surface area contributed by atoms with Crippen LogP contribution in [0.4, 0.5) is 5.69 Å². The highest BCUT2D eigenvalue weighted by Gasteiger charge is 2.10. The Morgan fingerprint density at radius 2 is 1.42 bits per heavy atom. The van der Waals surface area contributed by atoms with Crippen molar-refractivity contribution in [3.63, 3.8) is 0 Å². The van der Waals surface area contributed by atoms with Crippen LogP contribution in [0.2, 0.25) is 0 Å². The minimum absolute atomic E-state index is 0.333. The summed E-state index contributed by atoms with van der Waals surface area (Å²) in [7, 11) is 0. The fourth-order valence-corrected chi connectivity index (χ4v) is 2.47. The molecule has 0 bridgehead atoms. The fourth-order valence-electron chi connectivity index (χ4n) is 2.47. The number of anilines is 1. The number of hydrogen-bond donors (Lipinski definition) is 1.